The average Bonchev–Trinajstić information content (AvgIpc) is 3.66. The van der Waals surface area contributed by atoms with Gasteiger partial charge in [-0.3, -0.25) is 9.78 Å². The van der Waals surface area contributed by atoms with Crippen molar-refractivity contribution in [3.8, 4) is 17.5 Å². The lowest BCUT2D eigenvalue weighted by atomic mass is 9.92. The van der Waals surface area contributed by atoms with E-state index in [2.05, 4.69) is 32.1 Å². The fourth-order valence-electron chi connectivity index (χ4n) is 4.80. The summed E-state index contributed by atoms with van der Waals surface area (Å²) in [5, 5.41) is 32.3. The Kier molecular flexibility index (Phi) is 8.08. The predicted octanol–water partition coefficient (Wildman–Crippen LogP) is 3.72. The number of alkyl halides is 1. The molecule has 0 aliphatic heterocycles. The number of nitrogens with zero attached hydrogens (tertiary/aromatic N) is 4. The Labute approximate surface area is 237 Å². The molecule has 5 rings (SSSR count). The van der Waals surface area contributed by atoms with Gasteiger partial charge in [-0.25, -0.2) is 13.7 Å². The molecule has 3 heterocycles. The van der Waals surface area contributed by atoms with Crippen LogP contribution in [0.25, 0.3) is 16.9 Å². The summed E-state index contributed by atoms with van der Waals surface area (Å²) in [6.45, 7) is 2.33. The van der Waals surface area contributed by atoms with E-state index in [0.29, 0.717) is 35.5 Å². The number of ether oxygens (including phenoxy) is 1. The van der Waals surface area contributed by atoms with Gasteiger partial charge < -0.3 is 25.8 Å². The van der Waals surface area contributed by atoms with Gasteiger partial charge in [0.05, 0.1) is 52.1 Å². The average molecular weight is 564 g/mol. The lowest BCUT2D eigenvalue weighted by molar-refractivity contribution is -0.00178. The van der Waals surface area contributed by atoms with Crippen LogP contribution in [0.3, 0.4) is 0 Å². The van der Waals surface area contributed by atoms with Crippen LogP contribution in [0, 0.1) is 11.3 Å². The number of anilines is 1. The molecule has 2 aliphatic carbocycles. The molecule has 11 nitrogen and oxygen atoms in total. The van der Waals surface area contributed by atoms with Gasteiger partial charge in [0.1, 0.15) is 18.3 Å². The molecule has 0 saturated heterocycles. The van der Waals surface area contributed by atoms with Crippen molar-refractivity contribution < 1.29 is 23.8 Å². The highest BCUT2D eigenvalue weighted by atomic mass is 19.1. The summed E-state index contributed by atoms with van der Waals surface area (Å²) >= 11 is 0. The van der Waals surface area contributed by atoms with E-state index in [1.165, 1.54) is 26.2 Å². The molecule has 12 heteroatoms. The fourth-order valence-corrected chi connectivity index (χ4v) is 4.80. The van der Waals surface area contributed by atoms with Crippen LogP contribution >= 0.6 is 0 Å². The maximum atomic E-state index is 14.3. The van der Waals surface area contributed by atoms with Crippen LogP contribution in [0.2, 0.25) is 0 Å². The van der Waals surface area contributed by atoms with E-state index >= 15 is 0 Å². The predicted molar refractivity (Wildman–Crippen MR) is 149 cm³/mol. The number of rotatable bonds is 9. The van der Waals surface area contributed by atoms with Crippen molar-refractivity contribution >= 4 is 23.2 Å². The monoisotopic (exact) mass is 563 g/mol. The maximum Gasteiger partial charge on any atom is 0.407 e. The topological polar surface area (TPSA) is 154 Å². The summed E-state index contributed by atoms with van der Waals surface area (Å²) < 4.78 is 21.6. The molecule has 41 heavy (non-hydrogen) atoms. The Hall–Kier alpha value is -4.24. The van der Waals surface area contributed by atoms with Crippen molar-refractivity contribution in [2.45, 2.75) is 82.3 Å². The molecule has 2 aliphatic rings. The zero-order valence-electron chi connectivity index (χ0n) is 23.1. The van der Waals surface area contributed by atoms with E-state index in [4.69, 9.17) is 4.74 Å². The number of fused-ring (bicyclic) bond motifs is 1. The minimum atomic E-state index is -1.65. The molecule has 0 aromatic carbocycles. The summed E-state index contributed by atoms with van der Waals surface area (Å²) in [6.07, 6.45) is 5.51. The third-order valence-corrected chi connectivity index (χ3v) is 7.46. The number of aromatic nitrogens is 3. The summed E-state index contributed by atoms with van der Waals surface area (Å²) in [4.78, 5) is 29.7. The van der Waals surface area contributed by atoms with Crippen LogP contribution in [0.1, 0.15) is 68.3 Å². The van der Waals surface area contributed by atoms with Crippen LogP contribution in [-0.2, 0) is 4.74 Å². The van der Waals surface area contributed by atoms with Crippen LogP contribution in [0.5, 0.6) is 0 Å². The van der Waals surface area contributed by atoms with Crippen molar-refractivity contribution in [1.29, 1.82) is 5.26 Å². The molecule has 3 aromatic rings. The molecule has 3 aromatic heterocycles. The summed E-state index contributed by atoms with van der Waals surface area (Å²) in [6, 6.07) is 9.47. The first kappa shape index (κ1) is 28.3. The number of alkyl carbamates (subject to hydrolysis) is 1. The molecule has 216 valence electrons. The van der Waals surface area contributed by atoms with E-state index in [1.807, 2.05) is 12.1 Å². The van der Waals surface area contributed by atoms with Crippen LogP contribution in [0.4, 0.5) is 14.9 Å². The number of hydrogen-bond acceptors (Lipinski definition) is 8. The second kappa shape index (κ2) is 11.7. The van der Waals surface area contributed by atoms with Gasteiger partial charge in [-0.05, 0) is 76.6 Å². The Bertz CT molecular complexity index is 1470. The Balaban J connectivity index is 1.34. The fraction of sp³-hybridized carbons (Fsp3) is 0.483. The largest absolute Gasteiger partial charge is 0.446 e. The second-order valence-electron chi connectivity index (χ2n) is 11.3. The number of halogens is 1. The van der Waals surface area contributed by atoms with Crippen LogP contribution in [0.15, 0.2) is 36.7 Å². The minimum Gasteiger partial charge on any atom is -0.446 e. The molecule has 2 amide bonds. The molecule has 2 saturated carbocycles. The normalized spacial score (nSPS) is 19.7. The summed E-state index contributed by atoms with van der Waals surface area (Å²) in [7, 11) is 0. The Morgan fingerprint density at radius 3 is 2.59 bits per heavy atom. The van der Waals surface area contributed by atoms with Crippen LogP contribution < -0.4 is 16.0 Å². The van der Waals surface area contributed by atoms with Crippen molar-refractivity contribution in [3.63, 3.8) is 0 Å². The first-order valence-electron chi connectivity index (χ1n) is 13.9. The lowest BCUT2D eigenvalue weighted by Crippen LogP contribution is -2.42. The van der Waals surface area contributed by atoms with Gasteiger partial charge in [-0.15, -0.1) is 0 Å². The minimum absolute atomic E-state index is 0.00816. The number of aliphatic hydroxyl groups is 1. The SMILES string of the molecule is CC(C)(O)[C@H](F)CNC(=O)c1cnc(-c2ccc3cc(C#N)cnn23)cc1N[C@H]1CC[C@H](OC(=O)NC2CC2)CC1. The summed E-state index contributed by atoms with van der Waals surface area (Å²) in [5.41, 5.74) is 1.54. The highest BCUT2D eigenvalue weighted by Crippen LogP contribution is 2.30. The molecule has 2 fully saturated rings. The van der Waals surface area contributed by atoms with Crippen molar-refractivity contribution in [3.05, 3.63) is 47.8 Å². The number of nitriles is 1. The first-order valence-corrected chi connectivity index (χ1v) is 13.9. The van der Waals surface area contributed by atoms with E-state index in [9.17, 15) is 24.3 Å². The molecule has 0 radical (unpaired) electrons. The number of nitrogens with one attached hydrogen (secondary N) is 3. The van der Waals surface area contributed by atoms with Gasteiger partial charge in [0, 0.05) is 18.3 Å². The third-order valence-electron chi connectivity index (χ3n) is 7.46. The molecular weight excluding hydrogens is 529 g/mol. The van der Waals surface area contributed by atoms with Gasteiger partial charge in [0.25, 0.3) is 5.91 Å². The van der Waals surface area contributed by atoms with Gasteiger partial charge in [-0.1, -0.05) is 0 Å². The van der Waals surface area contributed by atoms with E-state index in [1.54, 1.807) is 16.6 Å². The smallest absolute Gasteiger partial charge is 0.407 e. The Morgan fingerprint density at radius 2 is 1.90 bits per heavy atom. The zero-order chi connectivity index (χ0) is 29.1. The number of hydrogen-bond donors (Lipinski definition) is 4. The molecule has 4 N–H and O–H groups in total. The van der Waals surface area contributed by atoms with Gasteiger partial charge in [0.2, 0.25) is 0 Å². The maximum absolute atomic E-state index is 14.3. The highest BCUT2D eigenvalue weighted by Gasteiger charge is 2.30. The molecule has 0 spiro atoms. The van der Waals surface area contributed by atoms with Gasteiger partial charge in [-0.2, -0.15) is 10.4 Å². The molecule has 0 bridgehead atoms. The van der Waals surface area contributed by atoms with Gasteiger partial charge in [0.15, 0.2) is 0 Å². The quantitative estimate of drug-likeness (QED) is 0.307. The van der Waals surface area contributed by atoms with Gasteiger partial charge >= 0.3 is 6.09 Å². The van der Waals surface area contributed by atoms with E-state index in [-0.39, 0.29) is 36.4 Å². The number of carbonyl (C=O) groups excluding carboxylic acids is 2. The number of carbonyl (C=O) groups is 2. The molecule has 0 unspecified atom stereocenters. The standard InChI is InChI=1S/C29H34FN7O4/c1-29(2,40)26(30)16-33-27(38)22-15-32-24(25-10-7-20-11-17(13-31)14-34-37(20)25)12-23(22)35-18-5-8-21(9-6-18)41-28(39)36-19-3-4-19/h7,10-12,14-15,18-19,21,26,40H,3-6,8-9,16H2,1-2H3,(H,32,35)(H,33,38)(H,36,39)/t18-,21-,26-/m1/s1. The summed E-state index contributed by atoms with van der Waals surface area (Å²) in [5.74, 6) is -0.524. The van der Waals surface area contributed by atoms with Crippen LogP contribution in [-0.4, -0.2) is 68.2 Å². The van der Waals surface area contributed by atoms with Crippen molar-refractivity contribution in [2.75, 3.05) is 11.9 Å². The van der Waals surface area contributed by atoms with E-state index < -0.39 is 17.7 Å². The van der Waals surface area contributed by atoms with Crippen molar-refractivity contribution in [2.24, 2.45) is 0 Å². The lowest BCUT2D eigenvalue weighted by Gasteiger charge is -2.30. The first-order chi connectivity index (χ1) is 19.6. The Morgan fingerprint density at radius 1 is 1.17 bits per heavy atom. The highest BCUT2D eigenvalue weighted by molar-refractivity contribution is 6.00. The second-order valence-corrected chi connectivity index (χ2v) is 11.3. The third kappa shape index (κ3) is 6.92. The molecule has 1 atom stereocenters. The van der Waals surface area contributed by atoms with Crippen molar-refractivity contribution in [1.82, 2.24) is 25.2 Å². The number of amides is 2. The molecular formula is C29H34FN7O4. The van der Waals surface area contributed by atoms with E-state index in [0.717, 1.165) is 31.2 Å². The zero-order valence-corrected chi connectivity index (χ0v) is 23.1. The number of pyridine rings is 1.